The number of carbonyl (C=O) groups excluding carboxylic acids is 5. The molecule has 4 aliphatic rings. The number of imide groups is 2. The van der Waals surface area contributed by atoms with Crippen molar-refractivity contribution in [3.05, 3.63) is 101 Å². The molecule has 2 aromatic carbocycles. The smallest absolute Gasteiger partial charge is 0.270 e. The highest BCUT2D eigenvalue weighted by molar-refractivity contribution is 6.23. The second-order valence-corrected chi connectivity index (χ2v) is 15.7. The molecule has 0 unspecified atom stereocenters. The average molecular weight is 812 g/mol. The summed E-state index contributed by atoms with van der Waals surface area (Å²) in [6.07, 6.45) is 5.97. The average Bonchev–Trinajstić information content (AvgIpc) is 3.78. The lowest BCUT2D eigenvalue weighted by molar-refractivity contribution is -0.136. The van der Waals surface area contributed by atoms with Crippen LogP contribution in [-0.4, -0.2) is 115 Å². The molecule has 3 N–H and O–H groups in total. The van der Waals surface area contributed by atoms with Gasteiger partial charge in [-0.1, -0.05) is 18.2 Å². The zero-order chi connectivity index (χ0) is 41.3. The van der Waals surface area contributed by atoms with Crippen LogP contribution < -0.4 is 25.6 Å². The lowest BCUT2D eigenvalue weighted by Gasteiger charge is -2.36. The second-order valence-electron chi connectivity index (χ2n) is 15.7. The van der Waals surface area contributed by atoms with Gasteiger partial charge in [0.1, 0.15) is 29.3 Å². The maximum atomic E-state index is 13.3. The molecule has 2 saturated heterocycles. The van der Waals surface area contributed by atoms with Crippen molar-refractivity contribution in [1.82, 2.24) is 44.9 Å². The van der Waals surface area contributed by atoms with E-state index in [-0.39, 0.29) is 36.4 Å². The van der Waals surface area contributed by atoms with E-state index in [0.717, 1.165) is 85.2 Å². The number of aromatic nitrogens is 5. The Labute approximate surface area is 345 Å². The first-order chi connectivity index (χ1) is 29.2. The molecule has 0 radical (unpaired) electrons. The summed E-state index contributed by atoms with van der Waals surface area (Å²) in [5.41, 5.74) is 5.15. The summed E-state index contributed by atoms with van der Waals surface area (Å²) < 4.78 is 8.21. The molecule has 5 amide bonds. The third-order valence-electron chi connectivity index (χ3n) is 11.7. The van der Waals surface area contributed by atoms with E-state index < -0.39 is 29.7 Å². The van der Waals surface area contributed by atoms with Crippen molar-refractivity contribution >= 4 is 52.2 Å². The zero-order valence-electron chi connectivity index (χ0n) is 33.2. The first-order valence-corrected chi connectivity index (χ1v) is 20.4. The number of fused-ring (bicyclic) bond motifs is 2. The SMILES string of the molecule is Cc1cccc(C(=O)NC2CC(n3cnc4c(NCc5cccc(OCCCN6CCN(c7ccc8c(c7)C(=O)N([C@H]7CCC(=O)NC7=O)C8=O)CC6)c5)ncnc43)C2)n1. The summed E-state index contributed by atoms with van der Waals surface area (Å²) >= 11 is 0. The Bertz CT molecular complexity index is 2490. The minimum Gasteiger partial charge on any atom is -0.494 e. The van der Waals surface area contributed by atoms with Crippen LogP contribution in [0.4, 0.5) is 11.5 Å². The molecule has 1 saturated carbocycles. The Morgan fingerprint density at radius 2 is 1.73 bits per heavy atom. The molecular weight excluding hydrogens is 767 g/mol. The Kier molecular flexibility index (Phi) is 10.6. The highest BCUT2D eigenvalue weighted by Crippen LogP contribution is 2.35. The van der Waals surface area contributed by atoms with Crippen LogP contribution in [0.25, 0.3) is 11.2 Å². The molecule has 6 heterocycles. The summed E-state index contributed by atoms with van der Waals surface area (Å²) in [7, 11) is 0. The minimum absolute atomic E-state index is 0.0596. The van der Waals surface area contributed by atoms with Crippen molar-refractivity contribution in [2.24, 2.45) is 0 Å². The first kappa shape index (κ1) is 38.8. The fraction of sp³-hybridized carbons (Fsp3) is 0.372. The van der Waals surface area contributed by atoms with Crippen molar-refractivity contribution in [3.63, 3.8) is 0 Å². The Morgan fingerprint density at radius 3 is 2.55 bits per heavy atom. The van der Waals surface area contributed by atoms with Gasteiger partial charge in [-0.05, 0) is 80.6 Å². The third-order valence-corrected chi connectivity index (χ3v) is 11.7. The number of rotatable bonds is 13. The van der Waals surface area contributed by atoms with Crippen molar-refractivity contribution in [3.8, 4) is 5.75 Å². The van der Waals surface area contributed by atoms with Crippen molar-refractivity contribution in [2.45, 2.75) is 63.7 Å². The van der Waals surface area contributed by atoms with E-state index in [1.807, 2.05) is 49.4 Å². The molecule has 0 bridgehead atoms. The fourth-order valence-electron chi connectivity index (χ4n) is 8.40. The number of benzene rings is 2. The van der Waals surface area contributed by atoms with Gasteiger partial charge in [0.2, 0.25) is 11.8 Å². The van der Waals surface area contributed by atoms with Crippen LogP contribution >= 0.6 is 0 Å². The number of amides is 5. The van der Waals surface area contributed by atoms with Gasteiger partial charge >= 0.3 is 0 Å². The molecule has 17 heteroatoms. The van der Waals surface area contributed by atoms with Gasteiger partial charge in [-0.15, -0.1) is 0 Å². The molecule has 1 aliphatic carbocycles. The molecule has 3 fully saturated rings. The Hall–Kier alpha value is -6.75. The van der Waals surface area contributed by atoms with Crippen LogP contribution in [0.15, 0.2) is 73.3 Å². The number of pyridine rings is 1. The lowest BCUT2D eigenvalue weighted by atomic mass is 9.86. The van der Waals surface area contributed by atoms with Gasteiger partial charge in [-0.2, -0.15) is 0 Å². The highest BCUT2D eigenvalue weighted by atomic mass is 16.5. The maximum Gasteiger partial charge on any atom is 0.270 e. The standard InChI is InChI=1S/C43H45N11O6/c1-26-5-2-8-34(48-26)40(56)49-28-20-30(21-28)53-25-47-37-38(45-24-46-39(37)53)44-23-27-6-3-7-31(19-27)60-18-4-13-51-14-16-52(17-15-51)29-9-10-32-33(22-29)43(59)54(42(32)58)35-11-12-36(55)50-41(35)57/h2-3,5-10,19,22,24-25,28,30,35H,4,11-18,20-21,23H2,1H3,(H,49,56)(H,44,45,46)(H,50,55,57)/t28?,30?,35-/m0/s1. The van der Waals surface area contributed by atoms with Crippen LogP contribution in [0.1, 0.15) is 80.6 Å². The maximum absolute atomic E-state index is 13.3. The number of nitrogens with one attached hydrogen (secondary N) is 3. The number of piperidine rings is 1. The number of piperazine rings is 1. The van der Waals surface area contributed by atoms with Gasteiger partial charge in [0.05, 0.1) is 24.1 Å². The normalized spacial score (nSPS) is 20.5. The lowest BCUT2D eigenvalue weighted by Crippen LogP contribution is -2.54. The molecule has 1 atom stereocenters. The molecule has 17 nitrogen and oxygen atoms in total. The van der Waals surface area contributed by atoms with E-state index >= 15 is 0 Å². The molecular formula is C43H45N11O6. The van der Waals surface area contributed by atoms with Gasteiger partial charge in [0.15, 0.2) is 11.5 Å². The van der Waals surface area contributed by atoms with Crippen LogP contribution in [0.5, 0.6) is 5.75 Å². The minimum atomic E-state index is -0.980. The zero-order valence-corrected chi connectivity index (χ0v) is 33.2. The van der Waals surface area contributed by atoms with Gasteiger partial charge in [-0.25, -0.2) is 19.9 Å². The monoisotopic (exact) mass is 811 g/mol. The molecule has 60 heavy (non-hydrogen) atoms. The molecule has 0 spiro atoms. The van der Waals surface area contributed by atoms with Crippen LogP contribution in [0.2, 0.25) is 0 Å². The molecule has 3 aromatic heterocycles. The number of imidazole rings is 1. The molecule has 9 rings (SSSR count). The van der Waals surface area contributed by atoms with E-state index in [1.165, 1.54) is 0 Å². The van der Waals surface area contributed by atoms with Gasteiger partial charge < -0.3 is 24.8 Å². The first-order valence-electron chi connectivity index (χ1n) is 20.4. The Morgan fingerprint density at radius 1 is 0.917 bits per heavy atom. The highest BCUT2D eigenvalue weighted by Gasteiger charge is 2.45. The topological polar surface area (TPSA) is 197 Å². The van der Waals surface area contributed by atoms with Crippen molar-refractivity contribution in [1.29, 1.82) is 0 Å². The quantitative estimate of drug-likeness (QED) is 0.116. The van der Waals surface area contributed by atoms with E-state index in [4.69, 9.17) is 4.74 Å². The fourth-order valence-corrected chi connectivity index (χ4v) is 8.40. The summed E-state index contributed by atoms with van der Waals surface area (Å²) in [6, 6.07) is 17.9. The van der Waals surface area contributed by atoms with Gasteiger partial charge in [-0.3, -0.25) is 39.1 Å². The van der Waals surface area contributed by atoms with E-state index in [2.05, 4.69) is 50.3 Å². The largest absolute Gasteiger partial charge is 0.494 e. The molecule has 5 aromatic rings. The summed E-state index contributed by atoms with van der Waals surface area (Å²) in [5, 5.41) is 8.74. The van der Waals surface area contributed by atoms with Crippen LogP contribution in [0.3, 0.4) is 0 Å². The summed E-state index contributed by atoms with van der Waals surface area (Å²) in [6.45, 7) is 7.05. The number of nitrogens with zero attached hydrogens (tertiary/aromatic N) is 8. The van der Waals surface area contributed by atoms with E-state index in [1.54, 1.807) is 30.9 Å². The number of anilines is 2. The summed E-state index contributed by atoms with van der Waals surface area (Å²) in [4.78, 5) is 86.6. The number of aryl methyl sites for hydroxylation is 1. The predicted molar refractivity (Wildman–Crippen MR) is 219 cm³/mol. The Balaban J connectivity index is 0.713. The van der Waals surface area contributed by atoms with Crippen LogP contribution in [-0.2, 0) is 16.1 Å². The predicted octanol–water partition coefficient (Wildman–Crippen LogP) is 3.27. The molecule has 3 aliphatic heterocycles. The number of hydrogen-bond donors (Lipinski definition) is 3. The third kappa shape index (κ3) is 7.87. The second kappa shape index (κ2) is 16.5. The van der Waals surface area contributed by atoms with Crippen molar-refractivity contribution < 1.29 is 28.7 Å². The summed E-state index contributed by atoms with van der Waals surface area (Å²) in [5.74, 6) is -0.725. The number of carbonyl (C=O) groups is 5. The van der Waals surface area contributed by atoms with E-state index in [0.29, 0.717) is 35.7 Å². The van der Waals surface area contributed by atoms with Crippen molar-refractivity contribution in [2.75, 3.05) is 49.5 Å². The van der Waals surface area contributed by atoms with E-state index in [9.17, 15) is 24.0 Å². The number of hydrogen-bond acceptors (Lipinski definition) is 13. The molecule has 308 valence electrons. The van der Waals surface area contributed by atoms with Gasteiger partial charge in [0.25, 0.3) is 17.7 Å². The van der Waals surface area contributed by atoms with Crippen LogP contribution in [0, 0.1) is 6.92 Å². The number of ether oxygens (including phenoxy) is 1. The van der Waals surface area contributed by atoms with Gasteiger partial charge in [0, 0.05) is 69.2 Å².